The van der Waals surface area contributed by atoms with Crippen LogP contribution in [0.15, 0.2) is 66.8 Å². The van der Waals surface area contributed by atoms with E-state index in [2.05, 4.69) is 6.58 Å². The van der Waals surface area contributed by atoms with Gasteiger partial charge >= 0.3 is 11.9 Å². The maximum absolute atomic E-state index is 10.4. The largest absolute Gasteiger partial charge is 0.497 e. The first-order valence-electron chi connectivity index (χ1n) is 9.03. The molecule has 2 aromatic rings. The molecule has 0 atom stereocenters. The Hall–Kier alpha value is -3.54. The number of aliphatic carboxylic acids is 2. The fraction of sp³-hybridized carbons (Fsp3) is 0.217. The zero-order valence-electron chi connectivity index (χ0n) is 16.6. The molecule has 0 aliphatic rings. The first kappa shape index (κ1) is 23.5. The van der Waals surface area contributed by atoms with Crippen LogP contribution >= 0.6 is 0 Å². The van der Waals surface area contributed by atoms with E-state index in [1.807, 2.05) is 55.5 Å². The second-order valence-corrected chi connectivity index (χ2v) is 6.04. The lowest BCUT2D eigenvalue weighted by atomic mass is 10.2. The summed E-state index contributed by atoms with van der Waals surface area (Å²) >= 11 is 0. The Morgan fingerprint density at radius 2 is 1.59 bits per heavy atom. The highest BCUT2D eigenvalue weighted by atomic mass is 16.5. The molecule has 154 valence electrons. The third kappa shape index (κ3) is 9.81. The van der Waals surface area contributed by atoms with Gasteiger partial charge in [-0.3, -0.25) is 0 Å². The van der Waals surface area contributed by atoms with Gasteiger partial charge in [0, 0.05) is 11.6 Å². The van der Waals surface area contributed by atoms with Crippen molar-refractivity contribution in [2.75, 3.05) is 7.11 Å². The van der Waals surface area contributed by atoms with Crippen molar-refractivity contribution in [3.63, 3.8) is 0 Å². The van der Waals surface area contributed by atoms with Crippen LogP contribution in [-0.4, -0.2) is 29.3 Å². The molecule has 6 heteroatoms. The standard InChI is InChI=1S/C17H16O4.C6H10O2/c1-20-15-7-4-14(5-8-15)12-21-16-9-2-13(3-10-16)6-11-17(18)19;1-3-4-5(2)6(7)8/h2-11H,12H2,1H3,(H,18,19);2-4H2,1H3,(H,7,8). The Balaban J connectivity index is 0.000000447. The number of methoxy groups -OCH3 is 1. The first-order valence-corrected chi connectivity index (χ1v) is 9.03. The predicted octanol–water partition coefficient (Wildman–Crippen LogP) is 4.80. The summed E-state index contributed by atoms with van der Waals surface area (Å²) in [4.78, 5) is 20.4. The summed E-state index contributed by atoms with van der Waals surface area (Å²) in [6, 6.07) is 14.9. The lowest BCUT2D eigenvalue weighted by Crippen LogP contribution is -1.97. The average molecular weight is 398 g/mol. The summed E-state index contributed by atoms with van der Waals surface area (Å²) < 4.78 is 10.8. The quantitative estimate of drug-likeness (QED) is 0.590. The predicted molar refractivity (Wildman–Crippen MR) is 112 cm³/mol. The molecule has 0 fully saturated rings. The second kappa shape index (κ2) is 12.8. The maximum Gasteiger partial charge on any atom is 0.330 e. The van der Waals surface area contributed by atoms with Crippen molar-refractivity contribution in [1.29, 1.82) is 0 Å². The molecule has 0 aromatic heterocycles. The van der Waals surface area contributed by atoms with Crippen LogP contribution < -0.4 is 9.47 Å². The Morgan fingerprint density at radius 3 is 2.03 bits per heavy atom. The summed E-state index contributed by atoms with van der Waals surface area (Å²) in [5.74, 6) is -0.298. The van der Waals surface area contributed by atoms with Crippen molar-refractivity contribution >= 4 is 18.0 Å². The number of carboxylic acids is 2. The van der Waals surface area contributed by atoms with Gasteiger partial charge in [-0.25, -0.2) is 9.59 Å². The lowest BCUT2D eigenvalue weighted by molar-refractivity contribution is -0.133. The highest BCUT2D eigenvalue weighted by Gasteiger charge is 1.99. The molecule has 0 bridgehead atoms. The number of hydrogen-bond acceptors (Lipinski definition) is 4. The van der Waals surface area contributed by atoms with E-state index in [-0.39, 0.29) is 0 Å². The Morgan fingerprint density at radius 1 is 1.00 bits per heavy atom. The zero-order valence-corrected chi connectivity index (χ0v) is 16.6. The van der Waals surface area contributed by atoms with Gasteiger partial charge < -0.3 is 19.7 Å². The fourth-order valence-electron chi connectivity index (χ4n) is 2.14. The number of hydrogen-bond donors (Lipinski definition) is 2. The number of carbonyl (C=O) groups is 2. The van der Waals surface area contributed by atoms with Gasteiger partial charge in [-0.15, -0.1) is 0 Å². The topological polar surface area (TPSA) is 93.1 Å². The molecule has 0 saturated heterocycles. The molecule has 0 aliphatic carbocycles. The Bertz CT molecular complexity index is 819. The minimum Gasteiger partial charge on any atom is -0.497 e. The number of ether oxygens (including phenoxy) is 2. The average Bonchev–Trinajstić information content (AvgIpc) is 2.72. The highest BCUT2D eigenvalue weighted by molar-refractivity contribution is 5.85. The van der Waals surface area contributed by atoms with Crippen LogP contribution in [-0.2, 0) is 16.2 Å². The van der Waals surface area contributed by atoms with E-state index in [4.69, 9.17) is 19.7 Å². The summed E-state index contributed by atoms with van der Waals surface area (Å²) in [6.45, 7) is 5.74. The number of carboxylic acid groups (broad SMARTS) is 2. The van der Waals surface area contributed by atoms with Crippen LogP contribution in [0.2, 0.25) is 0 Å². The van der Waals surface area contributed by atoms with Crippen molar-refractivity contribution < 1.29 is 29.3 Å². The van der Waals surface area contributed by atoms with E-state index in [0.29, 0.717) is 18.6 Å². The van der Waals surface area contributed by atoms with Crippen molar-refractivity contribution in [2.45, 2.75) is 26.4 Å². The summed E-state index contributed by atoms with van der Waals surface area (Å²) in [7, 11) is 1.63. The van der Waals surface area contributed by atoms with Gasteiger partial charge in [0.2, 0.25) is 0 Å². The van der Waals surface area contributed by atoms with E-state index in [0.717, 1.165) is 35.1 Å². The van der Waals surface area contributed by atoms with Crippen molar-refractivity contribution in [1.82, 2.24) is 0 Å². The van der Waals surface area contributed by atoms with Crippen LogP contribution in [0.25, 0.3) is 6.08 Å². The second-order valence-electron chi connectivity index (χ2n) is 6.04. The molecule has 0 heterocycles. The van der Waals surface area contributed by atoms with Crippen molar-refractivity contribution in [3.05, 3.63) is 77.9 Å². The summed E-state index contributed by atoms with van der Waals surface area (Å²) in [5.41, 5.74) is 2.16. The van der Waals surface area contributed by atoms with Crippen LogP contribution in [0.5, 0.6) is 11.5 Å². The van der Waals surface area contributed by atoms with Crippen LogP contribution in [0.3, 0.4) is 0 Å². The van der Waals surface area contributed by atoms with Crippen molar-refractivity contribution in [3.8, 4) is 11.5 Å². The third-order valence-corrected chi connectivity index (χ3v) is 3.72. The normalized spacial score (nSPS) is 10.0. The molecule has 0 unspecified atom stereocenters. The monoisotopic (exact) mass is 398 g/mol. The molecule has 2 rings (SSSR count). The van der Waals surface area contributed by atoms with Gasteiger partial charge in [0.05, 0.1) is 7.11 Å². The van der Waals surface area contributed by atoms with Crippen molar-refractivity contribution in [2.24, 2.45) is 0 Å². The van der Waals surface area contributed by atoms with Gasteiger partial charge in [-0.05, 0) is 47.9 Å². The maximum atomic E-state index is 10.4. The smallest absolute Gasteiger partial charge is 0.330 e. The van der Waals surface area contributed by atoms with Gasteiger partial charge in [0.25, 0.3) is 0 Å². The Labute approximate surface area is 170 Å². The minimum atomic E-state index is -0.963. The molecule has 2 aromatic carbocycles. The molecule has 0 saturated carbocycles. The molecular formula is C23H26O6. The molecule has 2 N–H and O–H groups in total. The van der Waals surface area contributed by atoms with Gasteiger partial charge in [0.1, 0.15) is 18.1 Å². The summed E-state index contributed by atoms with van der Waals surface area (Å²) in [5, 5.41) is 16.8. The first-order chi connectivity index (χ1) is 13.8. The molecule has 6 nitrogen and oxygen atoms in total. The fourth-order valence-corrected chi connectivity index (χ4v) is 2.14. The molecule has 29 heavy (non-hydrogen) atoms. The molecule has 0 aliphatic heterocycles. The lowest BCUT2D eigenvalue weighted by Gasteiger charge is -2.07. The van der Waals surface area contributed by atoms with Gasteiger partial charge in [0.15, 0.2) is 0 Å². The number of rotatable bonds is 9. The zero-order chi connectivity index (χ0) is 21.6. The van der Waals surface area contributed by atoms with E-state index >= 15 is 0 Å². The third-order valence-electron chi connectivity index (χ3n) is 3.72. The van der Waals surface area contributed by atoms with Crippen LogP contribution in [0.4, 0.5) is 0 Å². The number of benzene rings is 2. The molecule has 0 radical (unpaired) electrons. The highest BCUT2D eigenvalue weighted by Crippen LogP contribution is 2.16. The Kier molecular flexibility index (Phi) is 10.4. The van der Waals surface area contributed by atoms with Gasteiger partial charge in [-0.1, -0.05) is 44.2 Å². The molecular weight excluding hydrogens is 372 g/mol. The van der Waals surface area contributed by atoms with E-state index < -0.39 is 11.9 Å². The van der Waals surface area contributed by atoms with Crippen LogP contribution in [0, 0.1) is 0 Å². The van der Waals surface area contributed by atoms with Gasteiger partial charge in [-0.2, -0.15) is 0 Å². The van der Waals surface area contributed by atoms with E-state index in [9.17, 15) is 9.59 Å². The molecule has 0 spiro atoms. The summed E-state index contributed by atoms with van der Waals surface area (Å²) in [6.07, 6.45) is 4.09. The van der Waals surface area contributed by atoms with E-state index in [1.54, 1.807) is 7.11 Å². The van der Waals surface area contributed by atoms with Crippen LogP contribution in [0.1, 0.15) is 30.9 Å². The molecule has 0 amide bonds. The minimum absolute atomic E-state index is 0.299. The van der Waals surface area contributed by atoms with E-state index in [1.165, 1.54) is 6.08 Å². The SMILES string of the molecule is C=C(CCC)C(=O)O.COc1ccc(COc2ccc(C=CC(=O)O)cc2)cc1.